The molecule has 6 heteroatoms. The number of nitriles is 1. The first-order valence-corrected chi connectivity index (χ1v) is 7.21. The molecule has 0 bridgehead atoms. The molecule has 0 fully saturated rings. The number of hydrogen-bond donors (Lipinski definition) is 2. The van der Waals surface area contributed by atoms with Gasteiger partial charge >= 0.3 is 0 Å². The molecule has 1 aromatic heterocycles. The van der Waals surface area contributed by atoms with Gasteiger partial charge in [0, 0.05) is 12.2 Å². The Morgan fingerprint density at radius 3 is 2.52 bits per heavy atom. The van der Waals surface area contributed by atoms with Crippen LogP contribution in [0.5, 0.6) is 0 Å². The highest BCUT2D eigenvalue weighted by molar-refractivity contribution is 6.03. The predicted octanol–water partition coefficient (Wildman–Crippen LogP) is 2.35. The molecule has 0 radical (unpaired) electrons. The van der Waals surface area contributed by atoms with E-state index < -0.39 is 5.91 Å². The fourth-order valence-electron chi connectivity index (χ4n) is 1.88. The molecule has 116 valence electrons. The van der Waals surface area contributed by atoms with E-state index in [1.54, 1.807) is 36.4 Å². The molecule has 2 rings (SSSR count). The number of rotatable bonds is 5. The van der Waals surface area contributed by atoms with E-state index in [2.05, 4.69) is 15.6 Å². The number of hydrogen-bond acceptors (Lipinski definition) is 4. The molecule has 6 nitrogen and oxygen atoms in total. The standard InChI is InChI=1S/C17H16N4O2/c1-2-9-19-16(22)14-7-4-8-15(21-14)17(23)20-13-6-3-5-12(10-13)11-18/h3-8,10H,2,9H2,1H3,(H,19,22)(H,20,23). The number of nitrogens with zero attached hydrogens (tertiary/aromatic N) is 2. The molecule has 23 heavy (non-hydrogen) atoms. The summed E-state index contributed by atoms with van der Waals surface area (Å²) in [7, 11) is 0. The van der Waals surface area contributed by atoms with E-state index >= 15 is 0 Å². The maximum atomic E-state index is 12.2. The zero-order valence-corrected chi connectivity index (χ0v) is 12.7. The second-order valence-electron chi connectivity index (χ2n) is 4.81. The quantitative estimate of drug-likeness (QED) is 0.886. The van der Waals surface area contributed by atoms with Gasteiger partial charge in [-0.15, -0.1) is 0 Å². The summed E-state index contributed by atoms with van der Waals surface area (Å²) in [5, 5.41) is 14.2. The molecule has 0 saturated heterocycles. The summed E-state index contributed by atoms with van der Waals surface area (Å²) in [6.45, 7) is 2.50. The summed E-state index contributed by atoms with van der Waals surface area (Å²) < 4.78 is 0. The van der Waals surface area contributed by atoms with Crippen molar-refractivity contribution in [2.75, 3.05) is 11.9 Å². The van der Waals surface area contributed by atoms with Crippen LogP contribution in [-0.2, 0) is 0 Å². The van der Waals surface area contributed by atoms with Crippen LogP contribution in [0.25, 0.3) is 0 Å². The van der Waals surface area contributed by atoms with Gasteiger partial charge in [0.25, 0.3) is 11.8 Å². The molecule has 1 heterocycles. The van der Waals surface area contributed by atoms with Crippen molar-refractivity contribution >= 4 is 17.5 Å². The Labute approximate surface area is 134 Å². The second-order valence-corrected chi connectivity index (χ2v) is 4.81. The van der Waals surface area contributed by atoms with Gasteiger partial charge in [-0.2, -0.15) is 5.26 Å². The van der Waals surface area contributed by atoms with Crippen LogP contribution in [-0.4, -0.2) is 23.3 Å². The Kier molecular flexibility index (Phi) is 5.42. The Morgan fingerprint density at radius 2 is 1.83 bits per heavy atom. The smallest absolute Gasteiger partial charge is 0.274 e. The highest BCUT2D eigenvalue weighted by atomic mass is 16.2. The molecule has 2 N–H and O–H groups in total. The van der Waals surface area contributed by atoms with E-state index in [4.69, 9.17) is 5.26 Å². The van der Waals surface area contributed by atoms with Crippen molar-refractivity contribution in [2.45, 2.75) is 13.3 Å². The van der Waals surface area contributed by atoms with Crippen LogP contribution in [0, 0.1) is 11.3 Å². The van der Waals surface area contributed by atoms with Gasteiger partial charge in [0.15, 0.2) is 0 Å². The Morgan fingerprint density at radius 1 is 1.13 bits per heavy atom. The third kappa shape index (κ3) is 4.38. The average Bonchev–Trinajstić information content (AvgIpc) is 2.59. The number of carbonyl (C=O) groups excluding carboxylic acids is 2. The van der Waals surface area contributed by atoms with Crippen LogP contribution in [0.2, 0.25) is 0 Å². The van der Waals surface area contributed by atoms with Crippen molar-refractivity contribution in [3.8, 4) is 6.07 Å². The van der Waals surface area contributed by atoms with Crippen LogP contribution in [0.4, 0.5) is 5.69 Å². The minimum atomic E-state index is -0.440. The maximum Gasteiger partial charge on any atom is 0.274 e. The first-order chi connectivity index (χ1) is 11.1. The van der Waals surface area contributed by atoms with Gasteiger partial charge in [0.1, 0.15) is 11.4 Å². The highest BCUT2D eigenvalue weighted by Gasteiger charge is 2.12. The number of benzene rings is 1. The monoisotopic (exact) mass is 308 g/mol. The summed E-state index contributed by atoms with van der Waals surface area (Å²) >= 11 is 0. The minimum Gasteiger partial charge on any atom is -0.351 e. The van der Waals surface area contributed by atoms with Crippen LogP contribution < -0.4 is 10.6 Å². The summed E-state index contributed by atoms with van der Waals surface area (Å²) in [6.07, 6.45) is 0.821. The molecular weight excluding hydrogens is 292 g/mol. The van der Waals surface area contributed by atoms with E-state index in [1.807, 2.05) is 13.0 Å². The number of anilines is 1. The summed E-state index contributed by atoms with van der Waals surface area (Å²) in [5.41, 5.74) is 1.27. The number of nitrogens with one attached hydrogen (secondary N) is 2. The third-order valence-corrected chi connectivity index (χ3v) is 3.00. The van der Waals surface area contributed by atoms with Gasteiger partial charge < -0.3 is 10.6 Å². The molecule has 1 aromatic carbocycles. The summed E-state index contributed by atoms with van der Waals surface area (Å²) in [5.74, 6) is -0.752. The Balaban J connectivity index is 2.13. The van der Waals surface area contributed by atoms with Gasteiger partial charge in [-0.05, 0) is 36.8 Å². The van der Waals surface area contributed by atoms with E-state index in [-0.39, 0.29) is 17.3 Å². The molecule has 0 aliphatic heterocycles. The molecular formula is C17H16N4O2. The van der Waals surface area contributed by atoms with E-state index in [0.29, 0.717) is 17.8 Å². The fraction of sp³-hybridized carbons (Fsp3) is 0.176. The lowest BCUT2D eigenvalue weighted by atomic mass is 10.2. The number of carbonyl (C=O) groups is 2. The van der Waals surface area contributed by atoms with Crippen molar-refractivity contribution < 1.29 is 9.59 Å². The Bertz CT molecular complexity index is 765. The molecule has 2 aromatic rings. The number of amides is 2. The normalized spacial score (nSPS) is 9.74. The first-order valence-electron chi connectivity index (χ1n) is 7.21. The fourth-order valence-corrected chi connectivity index (χ4v) is 1.88. The van der Waals surface area contributed by atoms with Crippen molar-refractivity contribution in [3.63, 3.8) is 0 Å². The largest absolute Gasteiger partial charge is 0.351 e. The SMILES string of the molecule is CCCNC(=O)c1cccc(C(=O)Nc2cccc(C#N)c2)n1. The lowest BCUT2D eigenvalue weighted by molar-refractivity contribution is 0.0948. The molecule has 0 saturated carbocycles. The second kappa shape index (κ2) is 7.71. The van der Waals surface area contributed by atoms with Gasteiger partial charge in [-0.1, -0.05) is 19.1 Å². The Hall–Kier alpha value is -3.20. The van der Waals surface area contributed by atoms with Crippen molar-refractivity contribution in [1.29, 1.82) is 5.26 Å². The lowest BCUT2D eigenvalue weighted by Crippen LogP contribution is -2.26. The van der Waals surface area contributed by atoms with Crippen LogP contribution in [0.1, 0.15) is 39.9 Å². The molecule has 0 unspecified atom stereocenters. The minimum absolute atomic E-state index is 0.136. The van der Waals surface area contributed by atoms with Crippen molar-refractivity contribution in [3.05, 3.63) is 59.4 Å². The average molecular weight is 308 g/mol. The number of aromatic nitrogens is 1. The maximum absolute atomic E-state index is 12.2. The molecule has 2 amide bonds. The van der Waals surface area contributed by atoms with E-state index in [1.165, 1.54) is 6.07 Å². The van der Waals surface area contributed by atoms with Gasteiger partial charge in [-0.3, -0.25) is 9.59 Å². The van der Waals surface area contributed by atoms with Crippen LogP contribution >= 0.6 is 0 Å². The summed E-state index contributed by atoms with van der Waals surface area (Å²) in [6, 6.07) is 13.3. The molecule has 0 aliphatic rings. The van der Waals surface area contributed by atoms with E-state index in [9.17, 15) is 9.59 Å². The molecule has 0 aliphatic carbocycles. The van der Waals surface area contributed by atoms with Crippen LogP contribution in [0.3, 0.4) is 0 Å². The highest BCUT2D eigenvalue weighted by Crippen LogP contribution is 2.11. The molecule has 0 spiro atoms. The van der Waals surface area contributed by atoms with Crippen molar-refractivity contribution in [1.82, 2.24) is 10.3 Å². The van der Waals surface area contributed by atoms with Crippen LogP contribution in [0.15, 0.2) is 42.5 Å². The van der Waals surface area contributed by atoms with Gasteiger partial charge in [0.2, 0.25) is 0 Å². The van der Waals surface area contributed by atoms with Crippen molar-refractivity contribution in [2.24, 2.45) is 0 Å². The lowest BCUT2D eigenvalue weighted by Gasteiger charge is -2.07. The summed E-state index contributed by atoms with van der Waals surface area (Å²) in [4.78, 5) is 28.2. The molecule has 0 atom stereocenters. The number of pyridine rings is 1. The van der Waals surface area contributed by atoms with Gasteiger partial charge in [0.05, 0.1) is 11.6 Å². The third-order valence-electron chi connectivity index (χ3n) is 3.00. The zero-order valence-electron chi connectivity index (χ0n) is 12.7. The topological polar surface area (TPSA) is 94.9 Å². The first kappa shape index (κ1) is 16.2. The predicted molar refractivity (Wildman–Crippen MR) is 86.0 cm³/mol. The zero-order chi connectivity index (χ0) is 16.7. The van der Waals surface area contributed by atoms with E-state index in [0.717, 1.165) is 6.42 Å². The van der Waals surface area contributed by atoms with Gasteiger partial charge in [-0.25, -0.2) is 4.98 Å².